The Kier molecular flexibility index (Phi) is 5.08. The van der Waals surface area contributed by atoms with E-state index in [1.165, 1.54) is 12.1 Å². The first-order chi connectivity index (χ1) is 10.8. The Bertz CT molecular complexity index is 675. The minimum atomic E-state index is -4.37. The van der Waals surface area contributed by atoms with Gasteiger partial charge >= 0.3 is 6.18 Å². The van der Waals surface area contributed by atoms with Crippen molar-refractivity contribution in [1.29, 1.82) is 0 Å². The summed E-state index contributed by atoms with van der Waals surface area (Å²) in [7, 11) is 0. The molecule has 0 saturated heterocycles. The number of anilines is 1. The van der Waals surface area contributed by atoms with Crippen molar-refractivity contribution < 1.29 is 18.0 Å². The van der Waals surface area contributed by atoms with Crippen LogP contribution in [0, 0.1) is 6.92 Å². The fourth-order valence-electron chi connectivity index (χ4n) is 2.20. The van der Waals surface area contributed by atoms with Gasteiger partial charge in [0, 0.05) is 12.1 Å². The van der Waals surface area contributed by atoms with E-state index in [1.807, 2.05) is 13.8 Å². The van der Waals surface area contributed by atoms with Crippen molar-refractivity contribution in [1.82, 2.24) is 9.78 Å². The molecule has 1 amide bonds. The lowest BCUT2D eigenvalue weighted by Gasteiger charge is -2.10. The number of amides is 1. The molecule has 7 heteroatoms. The zero-order valence-corrected chi connectivity index (χ0v) is 12.9. The average Bonchev–Trinajstić information content (AvgIpc) is 2.80. The molecule has 4 nitrogen and oxygen atoms in total. The predicted molar refractivity (Wildman–Crippen MR) is 81.0 cm³/mol. The Morgan fingerprint density at radius 1 is 1.26 bits per heavy atom. The number of nitrogens with zero attached hydrogens (tertiary/aromatic N) is 2. The maximum Gasteiger partial charge on any atom is 0.416 e. The molecular weight excluding hydrogens is 307 g/mol. The van der Waals surface area contributed by atoms with Crippen LogP contribution in [0.1, 0.15) is 30.0 Å². The third-order valence-corrected chi connectivity index (χ3v) is 3.36. The normalized spacial score (nSPS) is 11.5. The van der Waals surface area contributed by atoms with Crippen LogP contribution in [-0.2, 0) is 23.9 Å². The van der Waals surface area contributed by atoms with Crippen LogP contribution in [0.15, 0.2) is 30.5 Å². The van der Waals surface area contributed by atoms with Crippen molar-refractivity contribution in [3.05, 3.63) is 47.2 Å². The van der Waals surface area contributed by atoms with E-state index in [9.17, 15) is 18.0 Å². The molecule has 0 atom stereocenters. The predicted octanol–water partition coefficient (Wildman–Crippen LogP) is 3.80. The molecule has 1 aromatic heterocycles. The average molecular weight is 325 g/mol. The molecule has 1 heterocycles. The lowest BCUT2D eigenvalue weighted by atomic mass is 10.1. The van der Waals surface area contributed by atoms with E-state index in [-0.39, 0.29) is 12.3 Å². The van der Waals surface area contributed by atoms with Gasteiger partial charge in [-0.15, -0.1) is 0 Å². The van der Waals surface area contributed by atoms with Crippen LogP contribution >= 0.6 is 0 Å². The molecule has 1 aromatic carbocycles. The summed E-state index contributed by atoms with van der Waals surface area (Å²) in [6, 6.07) is 4.60. The first-order valence-electron chi connectivity index (χ1n) is 7.29. The molecule has 124 valence electrons. The Labute approximate surface area is 132 Å². The summed E-state index contributed by atoms with van der Waals surface area (Å²) in [5.41, 5.74) is 0.646. The monoisotopic (exact) mass is 325 g/mol. The molecule has 0 bridgehead atoms. The van der Waals surface area contributed by atoms with Crippen molar-refractivity contribution in [2.45, 2.75) is 39.4 Å². The van der Waals surface area contributed by atoms with Gasteiger partial charge in [-0.25, -0.2) is 4.68 Å². The van der Waals surface area contributed by atoms with Gasteiger partial charge in [0.2, 0.25) is 5.91 Å². The fraction of sp³-hybridized carbons (Fsp3) is 0.375. The van der Waals surface area contributed by atoms with E-state index < -0.39 is 11.7 Å². The van der Waals surface area contributed by atoms with Gasteiger partial charge in [0.1, 0.15) is 5.82 Å². The van der Waals surface area contributed by atoms with E-state index in [1.54, 1.807) is 10.9 Å². The first-order valence-corrected chi connectivity index (χ1v) is 7.29. The van der Waals surface area contributed by atoms with Crippen LogP contribution in [0.4, 0.5) is 19.0 Å². The Balaban J connectivity index is 2.04. The highest BCUT2D eigenvalue weighted by atomic mass is 19.4. The smallest absolute Gasteiger partial charge is 0.310 e. The van der Waals surface area contributed by atoms with E-state index in [4.69, 9.17) is 0 Å². The van der Waals surface area contributed by atoms with Crippen LogP contribution in [-0.4, -0.2) is 15.7 Å². The number of rotatable bonds is 5. The number of hydrogen-bond acceptors (Lipinski definition) is 2. The second kappa shape index (κ2) is 6.85. The summed E-state index contributed by atoms with van der Waals surface area (Å²) in [4.78, 5) is 12.1. The quantitative estimate of drug-likeness (QED) is 0.909. The van der Waals surface area contributed by atoms with Crippen LogP contribution in [0.5, 0.6) is 0 Å². The lowest BCUT2D eigenvalue weighted by molar-refractivity contribution is -0.137. The second-order valence-electron chi connectivity index (χ2n) is 5.32. The lowest BCUT2D eigenvalue weighted by Crippen LogP contribution is -2.18. The van der Waals surface area contributed by atoms with Crippen molar-refractivity contribution in [3.63, 3.8) is 0 Å². The number of hydrogen-bond donors (Lipinski definition) is 1. The Morgan fingerprint density at radius 2 is 1.91 bits per heavy atom. The number of aromatic nitrogens is 2. The van der Waals surface area contributed by atoms with Crippen molar-refractivity contribution in [3.8, 4) is 0 Å². The maximum absolute atomic E-state index is 12.5. The van der Waals surface area contributed by atoms with Gasteiger partial charge in [-0.3, -0.25) is 4.79 Å². The van der Waals surface area contributed by atoms with Crippen LogP contribution < -0.4 is 5.32 Å². The van der Waals surface area contributed by atoms with E-state index in [2.05, 4.69) is 10.4 Å². The molecule has 0 aliphatic heterocycles. The zero-order chi connectivity index (χ0) is 17.0. The van der Waals surface area contributed by atoms with Gasteiger partial charge in [-0.1, -0.05) is 19.1 Å². The van der Waals surface area contributed by atoms with Crippen LogP contribution in [0.2, 0.25) is 0 Å². The third kappa shape index (κ3) is 4.34. The molecule has 1 N–H and O–H groups in total. The highest BCUT2D eigenvalue weighted by Gasteiger charge is 2.29. The molecule has 0 radical (unpaired) electrons. The molecule has 0 saturated carbocycles. The van der Waals surface area contributed by atoms with E-state index in [0.29, 0.717) is 17.9 Å². The summed E-state index contributed by atoms with van der Waals surface area (Å²) in [6.45, 7) is 4.53. The molecular formula is C16H18F3N3O. The number of carbonyl (C=O) groups is 1. The molecule has 0 fully saturated rings. The minimum absolute atomic E-state index is 0.00881. The number of benzene rings is 1. The van der Waals surface area contributed by atoms with E-state index in [0.717, 1.165) is 24.1 Å². The van der Waals surface area contributed by atoms with Gasteiger partial charge in [-0.05, 0) is 31.0 Å². The van der Waals surface area contributed by atoms with Crippen molar-refractivity contribution in [2.24, 2.45) is 0 Å². The number of alkyl halides is 3. The summed E-state index contributed by atoms with van der Waals surface area (Å²) >= 11 is 0. The largest absolute Gasteiger partial charge is 0.416 e. The molecule has 2 rings (SSSR count). The SMILES string of the molecule is CCCn1ncc(C)c1NC(=O)Cc1ccc(C(F)(F)F)cc1. The highest BCUT2D eigenvalue weighted by molar-refractivity contribution is 5.92. The van der Waals surface area contributed by atoms with Crippen LogP contribution in [0.25, 0.3) is 0 Å². The molecule has 2 aromatic rings. The molecule has 23 heavy (non-hydrogen) atoms. The van der Waals surface area contributed by atoms with Gasteiger partial charge in [0.25, 0.3) is 0 Å². The summed E-state index contributed by atoms with van der Waals surface area (Å²) in [5, 5.41) is 6.96. The maximum atomic E-state index is 12.5. The fourth-order valence-corrected chi connectivity index (χ4v) is 2.20. The zero-order valence-electron chi connectivity index (χ0n) is 12.9. The van der Waals surface area contributed by atoms with Gasteiger partial charge < -0.3 is 5.32 Å². The number of nitrogens with one attached hydrogen (secondary N) is 1. The topological polar surface area (TPSA) is 46.9 Å². The van der Waals surface area contributed by atoms with Gasteiger partial charge in [0.05, 0.1) is 18.2 Å². The third-order valence-electron chi connectivity index (χ3n) is 3.36. The molecule has 0 spiro atoms. The Morgan fingerprint density at radius 3 is 2.48 bits per heavy atom. The summed E-state index contributed by atoms with van der Waals surface area (Å²) in [5.74, 6) is 0.342. The van der Waals surface area contributed by atoms with Gasteiger partial charge in [-0.2, -0.15) is 18.3 Å². The van der Waals surface area contributed by atoms with E-state index >= 15 is 0 Å². The summed E-state index contributed by atoms with van der Waals surface area (Å²) in [6.07, 6.45) is -1.81. The minimum Gasteiger partial charge on any atom is -0.310 e. The number of carbonyl (C=O) groups excluding carboxylic acids is 1. The standard InChI is InChI=1S/C16H18F3N3O/c1-3-8-22-15(11(2)10-20-22)21-14(23)9-12-4-6-13(7-5-12)16(17,18)19/h4-7,10H,3,8-9H2,1-2H3,(H,21,23). The number of halogens is 3. The highest BCUT2D eigenvalue weighted by Crippen LogP contribution is 2.29. The first kappa shape index (κ1) is 17.1. The number of aryl methyl sites for hydroxylation is 2. The molecule has 0 aliphatic rings. The second-order valence-corrected chi connectivity index (χ2v) is 5.32. The van der Waals surface area contributed by atoms with Crippen molar-refractivity contribution >= 4 is 11.7 Å². The molecule has 0 aliphatic carbocycles. The molecule has 0 unspecified atom stereocenters. The van der Waals surface area contributed by atoms with Crippen LogP contribution in [0.3, 0.4) is 0 Å². The summed E-state index contributed by atoms with van der Waals surface area (Å²) < 4.78 is 39.2. The van der Waals surface area contributed by atoms with Gasteiger partial charge in [0.15, 0.2) is 0 Å². The van der Waals surface area contributed by atoms with Crippen molar-refractivity contribution in [2.75, 3.05) is 5.32 Å². The Hall–Kier alpha value is -2.31.